The molecule has 164 valence electrons. The number of aliphatic hydroxyl groups is 1. The van der Waals surface area contributed by atoms with E-state index < -0.39 is 31.2 Å². The second-order valence-electron chi connectivity index (χ2n) is 7.45. The third-order valence-electron chi connectivity index (χ3n) is 5.24. The first-order valence-corrected chi connectivity index (χ1v) is 9.84. The zero-order valence-electron chi connectivity index (χ0n) is 16.4. The van der Waals surface area contributed by atoms with Crippen LogP contribution in [0.1, 0.15) is 33.0 Å². The number of carboxylic acid groups (broad SMARTS) is 1. The van der Waals surface area contributed by atoms with Crippen LogP contribution in [0, 0.1) is 0 Å². The van der Waals surface area contributed by atoms with Crippen molar-refractivity contribution in [2.75, 3.05) is 13.1 Å². The Balaban J connectivity index is 1.41. The molecule has 31 heavy (non-hydrogen) atoms. The van der Waals surface area contributed by atoms with Crippen molar-refractivity contribution in [2.45, 2.75) is 37.6 Å². The topological polar surface area (TPSA) is 184 Å². The zero-order valence-corrected chi connectivity index (χ0v) is 16.4. The number of benzene rings is 1. The van der Waals surface area contributed by atoms with Crippen molar-refractivity contribution in [1.82, 2.24) is 36.2 Å². The number of hydrogen-bond acceptors (Lipinski definition) is 10. The first-order valence-electron chi connectivity index (χ1n) is 9.84. The van der Waals surface area contributed by atoms with E-state index in [0.717, 1.165) is 19.5 Å². The lowest BCUT2D eigenvalue weighted by Crippen LogP contribution is -2.53. The Hall–Kier alpha value is -3.07. The Morgan fingerprint density at radius 3 is 3.00 bits per heavy atom. The van der Waals surface area contributed by atoms with E-state index in [-0.39, 0.29) is 36.1 Å². The van der Waals surface area contributed by atoms with Crippen molar-refractivity contribution in [3.05, 3.63) is 35.2 Å². The van der Waals surface area contributed by atoms with Crippen LogP contribution in [0.25, 0.3) is 0 Å². The van der Waals surface area contributed by atoms with E-state index in [4.69, 9.17) is 4.65 Å². The molecule has 13 nitrogen and oxygen atoms in total. The van der Waals surface area contributed by atoms with Gasteiger partial charge in [-0.15, -0.1) is 5.10 Å². The van der Waals surface area contributed by atoms with Gasteiger partial charge >= 0.3 is 13.1 Å². The second-order valence-corrected chi connectivity index (χ2v) is 7.45. The minimum atomic E-state index is -1.46. The van der Waals surface area contributed by atoms with Crippen LogP contribution >= 0.6 is 0 Å². The predicted molar refractivity (Wildman–Crippen MR) is 105 cm³/mol. The molecule has 2 aliphatic heterocycles. The van der Waals surface area contributed by atoms with E-state index in [1.54, 1.807) is 12.1 Å². The summed E-state index contributed by atoms with van der Waals surface area (Å²) in [4.78, 5) is 24.0. The van der Waals surface area contributed by atoms with Crippen molar-refractivity contribution in [1.29, 1.82) is 0 Å². The summed E-state index contributed by atoms with van der Waals surface area (Å²) < 4.78 is 6.54. The highest BCUT2D eigenvalue weighted by Crippen LogP contribution is 2.30. The first-order chi connectivity index (χ1) is 14.9. The molecule has 3 heterocycles. The lowest BCUT2D eigenvalue weighted by molar-refractivity contribution is 0.0692. The van der Waals surface area contributed by atoms with Gasteiger partial charge in [-0.1, -0.05) is 12.1 Å². The third kappa shape index (κ3) is 4.66. The molecule has 0 radical (unpaired) electrons. The van der Waals surface area contributed by atoms with Crippen molar-refractivity contribution in [3.8, 4) is 5.75 Å². The van der Waals surface area contributed by atoms with Gasteiger partial charge in [-0.2, -0.15) is 0 Å². The molecule has 1 amide bonds. The van der Waals surface area contributed by atoms with Crippen LogP contribution in [0.5, 0.6) is 5.75 Å². The molecule has 0 saturated carbocycles. The molecule has 1 aromatic heterocycles. The number of nitrogens with one attached hydrogen (secondary N) is 3. The summed E-state index contributed by atoms with van der Waals surface area (Å²) in [6.45, 7) is 1.57. The third-order valence-corrected chi connectivity index (χ3v) is 5.24. The highest BCUT2D eigenvalue weighted by Gasteiger charge is 2.38. The van der Waals surface area contributed by atoms with Crippen molar-refractivity contribution in [3.63, 3.8) is 0 Å². The van der Waals surface area contributed by atoms with Gasteiger partial charge in [-0.25, -0.2) is 9.48 Å². The first kappa shape index (κ1) is 21.2. The van der Waals surface area contributed by atoms with Crippen LogP contribution in [0.2, 0.25) is 0 Å². The van der Waals surface area contributed by atoms with Crippen LogP contribution in [0.15, 0.2) is 18.2 Å². The number of carbonyl (C=O) groups is 2. The Morgan fingerprint density at radius 1 is 1.42 bits per heavy atom. The highest BCUT2D eigenvalue weighted by molar-refractivity contribution is 6.47. The molecule has 1 aromatic carbocycles. The Morgan fingerprint density at radius 2 is 2.26 bits per heavy atom. The number of aromatic nitrogens is 4. The van der Waals surface area contributed by atoms with Crippen molar-refractivity contribution >= 4 is 19.0 Å². The van der Waals surface area contributed by atoms with E-state index in [0.29, 0.717) is 5.56 Å². The lowest BCUT2D eigenvalue weighted by atomic mass is 9.72. The molecule has 1 unspecified atom stereocenters. The van der Waals surface area contributed by atoms with E-state index in [9.17, 15) is 24.8 Å². The van der Waals surface area contributed by atoms with Crippen LogP contribution in [-0.2, 0) is 13.0 Å². The zero-order chi connectivity index (χ0) is 22.0. The van der Waals surface area contributed by atoms with Gasteiger partial charge in [0.1, 0.15) is 12.0 Å². The number of carbonyl (C=O) groups excluding carboxylic acids is 1. The summed E-state index contributed by atoms with van der Waals surface area (Å²) in [6, 6.07) is 4.73. The van der Waals surface area contributed by atoms with E-state index >= 15 is 0 Å². The Labute approximate surface area is 176 Å². The molecule has 3 atom stereocenters. The number of rotatable bonds is 7. The SMILES string of the molecule is O=C(O)c1cccc2c1OB(O)[C@@H](NC(=O)c1nnnn1CC(O)N[C@H]1CCNC1)C2. The number of carboxylic acids is 1. The maximum atomic E-state index is 12.7. The summed E-state index contributed by atoms with van der Waals surface area (Å²) >= 11 is 0. The fourth-order valence-electron chi connectivity index (χ4n) is 3.72. The van der Waals surface area contributed by atoms with Gasteiger partial charge in [0.2, 0.25) is 5.82 Å². The summed E-state index contributed by atoms with van der Waals surface area (Å²) in [5.41, 5.74) is 0.476. The molecule has 0 bridgehead atoms. The number of aliphatic hydroxyl groups excluding tert-OH is 1. The van der Waals surface area contributed by atoms with Gasteiger partial charge in [0, 0.05) is 12.6 Å². The Kier molecular flexibility index (Phi) is 6.13. The van der Waals surface area contributed by atoms with Gasteiger partial charge in [-0.05, 0) is 41.4 Å². The van der Waals surface area contributed by atoms with Crippen molar-refractivity contribution < 1.29 is 29.5 Å². The number of aromatic carboxylic acids is 1. The summed E-state index contributed by atoms with van der Waals surface area (Å²) in [7, 11) is -1.46. The minimum Gasteiger partial charge on any atom is -0.534 e. The fraction of sp³-hybridized carbons (Fsp3) is 0.471. The second kappa shape index (κ2) is 8.97. The van der Waals surface area contributed by atoms with Gasteiger partial charge in [0.25, 0.3) is 5.91 Å². The van der Waals surface area contributed by atoms with E-state index in [1.807, 2.05) is 0 Å². The highest BCUT2D eigenvalue weighted by atomic mass is 16.5. The molecule has 6 N–H and O–H groups in total. The number of fused-ring (bicyclic) bond motifs is 1. The van der Waals surface area contributed by atoms with Gasteiger partial charge in [-0.3, -0.25) is 10.1 Å². The number of para-hydroxylation sites is 1. The molecule has 2 aliphatic rings. The predicted octanol–water partition coefficient (Wildman–Crippen LogP) is -2.61. The lowest BCUT2D eigenvalue weighted by Gasteiger charge is -2.28. The van der Waals surface area contributed by atoms with Crippen LogP contribution in [-0.4, -0.2) is 85.7 Å². The van der Waals surface area contributed by atoms with E-state index in [1.165, 1.54) is 10.7 Å². The maximum absolute atomic E-state index is 12.7. The van der Waals surface area contributed by atoms with Gasteiger partial charge in [0.05, 0.1) is 18.0 Å². The van der Waals surface area contributed by atoms with E-state index in [2.05, 4.69) is 31.5 Å². The maximum Gasteiger partial charge on any atom is 0.547 e. The molecule has 0 aliphatic carbocycles. The molecule has 2 aromatic rings. The molecule has 4 rings (SSSR count). The summed E-state index contributed by atoms with van der Waals surface area (Å²) in [6.07, 6.45) is 0.0823. The van der Waals surface area contributed by atoms with Crippen LogP contribution in [0.4, 0.5) is 0 Å². The van der Waals surface area contributed by atoms with Crippen LogP contribution < -0.4 is 20.6 Å². The fourth-order valence-corrected chi connectivity index (χ4v) is 3.72. The molecule has 14 heteroatoms. The normalized spacial score (nSPS) is 21.3. The Bertz CT molecular complexity index is 966. The molecule has 1 fully saturated rings. The quantitative estimate of drug-likeness (QED) is 0.200. The number of tetrazole rings is 1. The summed E-state index contributed by atoms with van der Waals surface area (Å²) in [5.74, 6) is -2.74. The average Bonchev–Trinajstić information content (AvgIpc) is 3.40. The minimum absolute atomic E-state index is 0.0409. The molecular formula is C17H22BN7O6. The number of hydrogen-bond donors (Lipinski definition) is 6. The molecule has 1 saturated heterocycles. The smallest absolute Gasteiger partial charge is 0.534 e. The summed E-state index contributed by atoms with van der Waals surface area (Å²) in [5, 5.41) is 49.6. The van der Waals surface area contributed by atoms with Gasteiger partial charge < -0.3 is 30.5 Å². The molecular weight excluding hydrogens is 409 g/mol. The van der Waals surface area contributed by atoms with Crippen molar-refractivity contribution in [2.24, 2.45) is 0 Å². The standard InChI is InChI=1S/C17H22BN7O6/c26-13(20-10-4-5-19-7-10)8-25-15(22-23-24-25)16(27)21-12-6-9-2-1-3-11(17(28)29)14(9)31-18(12)30/h1-3,10,12-13,19-20,26,30H,4-8H2,(H,21,27)(H,28,29)/t10-,12-,13?/m0/s1. The van der Waals surface area contributed by atoms with Crippen LogP contribution in [0.3, 0.4) is 0 Å². The number of nitrogens with zero attached hydrogens (tertiary/aromatic N) is 4. The average molecular weight is 431 g/mol. The molecule has 0 spiro atoms. The van der Waals surface area contributed by atoms with Gasteiger partial charge in [0.15, 0.2) is 0 Å². The largest absolute Gasteiger partial charge is 0.547 e. The monoisotopic (exact) mass is 431 g/mol. The number of amides is 1.